The molecule has 10 rings (SSSR count). The first kappa shape index (κ1) is 29.0. The van der Waals surface area contributed by atoms with Crippen LogP contribution in [-0.4, -0.2) is 0 Å². The van der Waals surface area contributed by atoms with E-state index in [0.717, 1.165) is 5.69 Å². The van der Waals surface area contributed by atoms with Gasteiger partial charge in [0.15, 0.2) is 0 Å². The maximum atomic E-state index is 2.52. The summed E-state index contributed by atoms with van der Waals surface area (Å²) in [6.45, 7) is 2.22. The smallest absolute Gasteiger partial charge is 0.0714 e. The van der Waals surface area contributed by atoms with Gasteiger partial charge in [0.05, 0.1) is 16.8 Å². The zero-order chi connectivity index (χ0) is 33.2. The van der Waals surface area contributed by atoms with Crippen LogP contribution in [0.5, 0.6) is 0 Å². The van der Waals surface area contributed by atoms with Crippen LogP contribution >= 0.6 is 11.3 Å². The quantitative estimate of drug-likeness (QED) is 0.178. The van der Waals surface area contributed by atoms with Crippen molar-refractivity contribution in [2.24, 2.45) is 0 Å². The maximum Gasteiger partial charge on any atom is 0.0714 e. The third-order valence-corrected chi connectivity index (χ3v) is 11.7. The van der Waals surface area contributed by atoms with E-state index in [0.29, 0.717) is 0 Å². The van der Waals surface area contributed by atoms with Crippen molar-refractivity contribution in [3.63, 3.8) is 0 Å². The molecular weight excluding hydrogens is 623 g/mol. The summed E-state index contributed by atoms with van der Waals surface area (Å²) in [5.74, 6) is 0. The molecule has 2 heteroatoms. The minimum atomic E-state index is -0.512. The predicted molar refractivity (Wildman–Crippen MR) is 214 cm³/mol. The van der Waals surface area contributed by atoms with Crippen molar-refractivity contribution in [3.05, 3.63) is 210 Å². The van der Waals surface area contributed by atoms with Gasteiger partial charge in [0.25, 0.3) is 0 Å². The normalized spacial score (nSPS) is 13.1. The van der Waals surface area contributed by atoms with Crippen LogP contribution in [-0.2, 0) is 5.41 Å². The summed E-state index contributed by atoms with van der Waals surface area (Å²) in [6, 6.07) is 67.4. The Bertz CT molecular complexity index is 2670. The van der Waals surface area contributed by atoms with Crippen molar-refractivity contribution in [2.75, 3.05) is 4.90 Å². The van der Waals surface area contributed by atoms with E-state index in [-0.39, 0.29) is 0 Å². The van der Waals surface area contributed by atoms with Crippen LogP contribution in [0.1, 0.15) is 27.8 Å². The second-order valence-electron chi connectivity index (χ2n) is 13.3. The molecule has 0 saturated heterocycles. The third-order valence-electron chi connectivity index (χ3n) is 10.6. The second-order valence-corrected chi connectivity index (χ2v) is 14.4. The number of thiophene rings is 1. The first-order chi connectivity index (χ1) is 24.7. The number of fused-ring (bicyclic) bond motifs is 8. The van der Waals surface area contributed by atoms with Crippen molar-refractivity contribution < 1.29 is 0 Å². The first-order valence-corrected chi connectivity index (χ1v) is 18.1. The predicted octanol–water partition coefficient (Wildman–Crippen LogP) is 13.3. The molecule has 1 aliphatic carbocycles. The molecule has 0 saturated carbocycles. The first-order valence-electron chi connectivity index (χ1n) is 17.3. The summed E-state index contributed by atoms with van der Waals surface area (Å²) < 4.78 is 2.60. The summed E-state index contributed by atoms with van der Waals surface area (Å²) >= 11 is 1.87. The lowest BCUT2D eigenvalue weighted by Gasteiger charge is -2.35. The molecule has 1 aromatic heterocycles. The summed E-state index contributed by atoms with van der Waals surface area (Å²) in [4.78, 5) is 2.51. The number of para-hydroxylation sites is 1. The highest BCUT2D eigenvalue weighted by atomic mass is 32.1. The van der Waals surface area contributed by atoms with E-state index in [1.807, 2.05) is 11.3 Å². The number of hydrogen-bond acceptors (Lipinski definition) is 2. The van der Waals surface area contributed by atoms with Gasteiger partial charge < -0.3 is 4.90 Å². The maximum absolute atomic E-state index is 2.52. The number of benzene rings is 8. The number of rotatable bonds is 5. The zero-order valence-electron chi connectivity index (χ0n) is 27.7. The molecular formula is C48H33NS. The average molecular weight is 656 g/mol. The molecule has 1 aliphatic rings. The molecule has 1 nitrogen and oxygen atoms in total. The second kappa shape index (κ2) is 11.3. The van der Waals surface area contributed by atoms with Gasteiger partial charge in [0.2, 0.25) is 0 Å². The van der Waals surface area contributed by atoms with Crippen LogP contribution in [0.3, 0.4) is 0 Å². The van der Waals surface area contributed by atoms with Gasteiger partial charge in [0, 0.05) is 31.2 Å². The van der Waals surface area contributed by atoms with Crippen LogP contribution < -0.4 is 4.90 Å². The van der Waals surface area contributed by atoms with Gasteiger partial charge in [0.1, 0.15) is 0 Å². The molecule has 50 heavy (non-hydrogen) atoms. The van der Waals surface area contributed by atoms with Crippen LogP contribution in [0.15, 0.2) is 182 Å². The van der Waals surface area contributed by atoms with Gasteiger partial charge in [-0.1, -0.05) is 151 Å². The summed E-state index contributed by atoms with van der Waals surface area (Å²) in [5.41, 5.74) is 12.1. The summed E-state index contributed by atoms with van der Waals surface area (Å²) in [5, 5.41) is 5.08. The molecule has 0 bridgehead atoms. The Morgan fingerprint density at radius 1 is 0.460 bits per heavy atom. The van der Waals surface area contributed by atoms with E-state index in [1.165, 1.54) is 81.3 Å². The average Bonchev–Trinajstić information content (AvgIpc) is 3.70. The topological polar surface area (TPSA) is 3.24 Å². The monoisotopic (exact) mass is 655 g/mol. The Morgan fingerprint density at radius 3 is 1.78 bits per heavy atom. The van der Waals surface area contributed by atoms with Crippen LogP contribution in [0.25, 0.3) is 42.1 Å². The highest BCUT2D eigenvalue weighted by Gasteiger charge is 2.47. The molecule has 0 radical (unpaired) electrons. The third kappa shape index (κ3) is 4.12. The Morgan fingerprint density at radius 2 is 1.06 bits per heavy atom. The van der Waals surface area contributed by atoms with Gasteiger partial charge in [-0.05, 0) is 82.1 Å². The van der Waals surface area contributed by atoms with Gasteiger partial charge in [-0.15, -0.1) is 11.3 Å². The van der Waals surface area contributed by atoms with E-state index in [4.69, 9.17) is 0 Å². The summed E-state index contributed by atoms with van der Waals surface area (Å²) in [6.07, 6.45) is 0. The van der Waals surface area contributed by atoms with Crippen LogP contribution in [0, 0.1) is 6.92 Å². The molecule has 0 unspecified atom stereocenters. The summed E-state index contributed by atoms with van der Waals surface area (Å²) in [7, 11) is 0. The van der Waals surface area contributed by atoms with Crippen LogP contribution in [0.2, 0.25) is 0 Å². The number of hydrogen-bond donors (Lipinski definition) is 0. The fourth-order valence-electron chi connectivity index (χ4n) is 8.55. The minimum Gasteiger partial charge on any atom is -0.309 e. The number of aryl methyl sites for hydroxylation is 1. The molecule has 9 aromatic rings. The SMILES string of the molecule is Cc1ccc2c(c1)C(c1ccccc1)(c1ccccc1)c1cc(N(c3ccccc3)c3cccc4sc5ccccc5c34)c3ccccc3c1-2. The zero-order valence-corrected chi connectivity index (χ0v) is 28.5. The number of anilines is 3. The van der Waals surface area contributed by atoms with Gasteiger partial charge in [-0.2, -0.15) is 0 Å². The lowest BCUT2D eigenvalue weighted by molar-refractivity contribution is 0.768. The molecule has 0 aliphatic heterocycles. The van der Waals surface area contributed by atoms with Crippen molar-refractivity contribution in [1.82, 2.24) is 0 Å². The molecule has 236 valence electrons. The fraction of sp³-hybridized carbons (Fsp3) is 0.0417. The molecule has 8 aromatic carbocycles. The highest BCUT2D eigenvalue weighted by Crippen LogP contribution is 2.60. The molecule has 1 heterocycles. The van der Waals surface area contributed by atoms with Gasteiger partial charge >= 0.3 is 0 Å². The molecule has 0 atom stereocenters. The van der Waals surface area contributed by atoms with Crippen LogP contribution in [0.4, 0.5) is 17.1 Å². The Kier molecular flexibility index (Phi) is 6.55. The molecule has 0 amide bonds. The molecule has 0 spiro atoms. The Balaban J connectivity index is 1.39. The van der Waals surface area contributed by atoms with E-state index in [2.05, 4.69) is 194 Å². The lowest BCUT2D eigenvalue weighted by Crippen LogP contribution is -2.29. The minimum absolute atomic E-state index is 0.512. The van der Waals surface area contributed by atoms with E-state index in [9.17, 15) is 0 Å². The molecule has 0 fully saturated rings. The lowest BCUT2D eigenvalue weighted by atomic mass is 9.67. The van der Waals surface area contributed by atoms with Crippen molar-refractivity contribution in [3.8, 4) is 11.1 Å². The Labute approximate surface area is 296 Å². The largest absolute Gasteiger partial charge is 0.309 e. The van der Waals surface area contributed by atoms with Crippen molar-refractivity contribution in [2.45, 2.75) is 12.3 Å². The van der Waals surface area contributed by atoms with E-state index < -0.39 is 5.41 Å². The van der Waals surface area contributed by atoms with Crippen molar-refractivity contribution in [1.29, 1.82) is 0 Å². The number of nitrogens with zero attached hydrogens (tertiary/aromatic N) is 1. The van der Waals surface area contributed by atoms with Gasteiger partial charge in [-0.3, -0.25) is 0 Å². The van der Waals surface area contributed by atoms with Gasteiger partial charge in [-0.25, -0.2) is 0 Å². The Hall–Kier alpha value is -5.96. The fourth-order valence-corrected chi connectivity index (χ4v) is 9.68. The molecule has 0 N–H and O–H groups in total. The van der Waals surface area contributed by atoms with E-state index >= 15 is 0 Å². The van der Waals surface area contributed by atoms with Crippen molar-refractivity contribution >= 4 is 59.3 Å². The highest BCUT2D eigenvalue weighted by molar-refractivity contribution is 7.26. The van der Waals surface area contributed by atoms with E-state index in [1.54, 1.807) is 0 Å². The standard InChI is InChI=1S/C48H33NS/c1-32-28-29-38-40(30-32)48(33-16-5-2-6-17-33,34-18-7-3-8-19-34)41-31-43(36-22-11-12-23-37(36)46(38)41)49(35-20-9-4-10-21-35)42-25-15-27-45-47(42)39-24-13-14-26-44(39)50-45/h2-31H,1H3.